The zero-order valence-corrected chi connectivity index (χ0v) is 46.0. The van der Waals surface area contributed by atoms with E-state index >= 15 is 0 Å². The van der Waals surface area contributed by atoms with Crippen LogP contribution in [-0.2, 0) is 35.3 Å². The molecule has 1 unspecified atom stereocenters. The van der Waals surface area contributed by atoms with Crippen LogP contribution in [0.4, 0.5) is 0 Å². The van der Waals surface area contributed by atoms with Gasteiger partial charge in [-0.25, -0.2) is 0 Å². The lowest BCUT2D eigenvalue weighted by Crippen LogP contribution is -2.30. The summed E-state index contributed by atoms with van der Waals surface area (Å²) >= 11 is 0. The van der Waals surface area contributed by atoms with Crippen LogP contribution in [0.25, 0.3) is 0 Å². The van der Waals surface area contributed by atoms with Crippen molar-refractivity contribution >= 4 is 11.9 Å². The topological polar surface area (TPSA) is 108 Å². The fraction of sp³-hybridized carbons (Fsp3) is 0.424. The Morgan fingerprint density at radius 3 is 1.09 bits per heavy atom. The Morgan fingerprint density at radius 2 is 0.789 bits per heavy atom. The number of carbonyl (C=O) groups is 2. The van der Waals surface area contributed by atoms with E-state index in [-0.39, 0.29) is 34.5 Å². The monoisotopic (exact) mass is 1030 g/mol. The molecule has 6 aromatic rings. The molecule has 0 bridgehead atoms. The number of ether oxygens (including phenoxy) is 8. The Labute approximate surface area is 452 Å². The SMILES string of the molecule is CC(=O)Oc1ccc(C2(c3ccc(OC(C)=O)cc3)CCCCC2)cc1.COc1ccc(C(C)(CCCOC2CCCCO2)c2ccc(OC)cc2)cc1.COc1ccc(C2(c3ccc(OC)cc3)CCCCC2)cc1. The van der Waals surface area contributed by atoms with Gasteiger partial charge in [0.05, 0.1) is 28.4 Å². The predicted octanol–water partition coefficient (Wildman–Crippen LogP) is 15.1. The fourth-order valence-electron chi connectivity index (χ4n) is 11.5. The molecular formula is C66H80O10. The lowest BCUT2D eigenvalue weighted by molar-refractivity contribution is -0.163. The normalized spacial score (nSPS) is 16.8. The van der Waals surface area contributed by atoms with Crippen LogP contribution in [0.5, 0.6) is 34.5 Å². The molecule has 9 rings (SSSR count). The summed E-state index contributed by atoms with van der Waals surface area (Å²) in [6, 6.07) is 49.7. The minimum atomic E-state index is -0.314. The van der Waals surface area contributed by atoms with Gasteiger partial charge in [-0.1, -0.05) is 118 Å². The first-order valence-corrected chi connectivity index (χ1v) is 27.3. The van der Waals surface area contributed by atoms with Crippen molar-refractivity contribution in [2.24, 2.45) is 0 Å². The summed E-state index contributed by atoms with van der Waals surface area (Å²) in [6.07, 6.45) is 17.4. The molecule has 1 saturated heterocycles. The van der Waals surface area contributed by atoms with E-state index in [0.717, 1.165) is 68.1 Å². The fourth-order valence-corrected chi connectivity index (χ4v) is 11.5. The first kappa shape index (κ1) is 57.1. The molecule has 76 heavy (non-hydrogen) atoms. The van der Waals surface area contributed by atoms with Gasteiger partial charge in [-0.2, -0.15) is 0 Å². The number of methoxy groups -OCH3 is 4. The van der Waals surface area contributed by atoms with Crippen molar-refractivity contribution in [1.82, 2.24) is 0 Å². The summed E-state index contributed by atoms with van der Waals surface area (Å²) in [4.78, 5) is 22.3. The van der Waals surface area contributed by atoms with Crippen LogP contribution in [0.3, 0.4) is 0 Å². The number of esters is 2. The van der Waals surface area contributed by atoms with Gasteiger partial charge in [0.1, 0.15) is 34.5 Å². The smallest absolute Gasteiger partial charge is 0.308 e. The lowest BCUT2D eigenvalue weighted by Gasteiger charge is -2.38. The highest BCUT2D eigenvalue weighted by molar-refractivity contribution is 5.70. The van der Waals surface area contributed by atoms with E-state index in [4.69, 9.17) is 37.9 Å². The molecular weight excluding hydrogens is 953 g/mol. The van der Waals surface area contributed by atoms with Crippen molar-refractivity contribution in [3.8, 4) is 34.5 Å². The van der Waals surface area contributed by atoms with Crippen molar-refractivity contribution in [3.63, 3.8) is 0 Å². The van der Waals surface area contributed by atoms with Crippen LogP contribution in [0.2, 0.25) is 0 Å². The van der Waals surface area contributed by atoms with E-state index < -0.39 is 0 Å². The van der Waals surface area contributed by atoms with Crippen LogP contribution in [0, 0.1) is 0 Å². The summed E-state index contributed by atoms with van der Waals surface area (Å²) < 4.78 is 43.2. The molecule has 404 valence electrons. The largest absolute Gasteiger partial charge is 0.497 e. The van der Waals surface area contributed by atoms with Gasteiger partial charge >= 0.3 is 11.9 Å². The molecule has 10 heteroatoms. The average molecular weight is 1030 g/mol. The summed E-state index contributed by atoms with van der Waals surface area (Å²) in [6.45, 7) is 6.64. The maximum absolute atomic E-state index is 11.1. The standard InChI is InChI=1S/C24H32O4.C22H24O4.C20H24O2/c1-24(19-8-12-21(25-2)13-9-19,20-10-14-22(26-3)15-11-20)16-6-18-28-23-7-4-5-17-27-23;1-16(23)25-20-10-6-18(7-11-20)22(14-4-3-5-15-22)19-8-12-21(13-9-19)26-17(2)24;1-21-18-10-6-16(7-11-18)20(14-4-3-5-15-20)17-8-12-19(22-2)13-9-17/h8-15,23H,4-7,16-18H2,1-3H3;6-13H,3-5,14-15H2,1-2H3;6-13H,3-5,14-15H2,1-2H3. The minimum Gasteiger partial charge on any atom is -0.497 e. The molecule has 6 aromatic carbocycles. The Hall–Kier alpha value is -6.62. The van der Waals surface area contributed by atoms with E-state index in [1.807, 2.05) is 48.5 Å². The molecule has 1 heterocycles. The van der Waals surface area contributed by atoms with E-state index in [9.17, 15) is 9.59 Å². The molecule has 0 radical (unpaired) electrons. The van der Waals surface area contributed by atoms with Gasteiger partial charge in [-0.15, -0.1) is 0 Å². The van der Waals surface area contributed by atoms with Crippen LogP contribution < -0.4 is 28.4 Å². The molecule has 0 amide bonds. The molecule has 10 nitrogen and oxygen atoms in total. The summed E-state index contributed by atoms with van der Waals surface area (Å²) in [5.74, 6) is 4.10. The van der Waals surface area contributed by atoms with Gasteiger partial charge in [-0.3, -0.25) is 9.59 Å². The minimum absolute atomic E-state index is 0.0259. The van der Waals surface area contributed by atoms with Crippen LogP contribution in [0.15, 0.2) is 146 Å². The first-order chi connectivity index (χ1) is 36.9. The van der Waals surface area contributed by atoms with Crippen molar-refractivity contribution in [2.45, 2.75) is 140 Å². The van der Waals surface area contributed by atoms with Crippen molar-refractivity contribution in [1.29, 1.82) is 0 Å². The van der Waals surface area contributed by atoms with Crippen LogP contribution in [0.1, 0.15) is 150 Å². The maximum atomic E-state index is 11.1. The quantitative estimate of drug-likeness (QED) is 0.0498. The highest BCUT2D eigenvalue weighted by atomic mass is 16.7. The van der Waals surface area contributed by atoms with Gasteiger partial charge < -0.3 is 37.9 Å². The van der Waals surface area contributed by atoms with Crippen LogP contribution >= 0.6 is 0 Å². The van der Waals surface area contributed by atoms with Crippen LogP contribution in [-0.4, -0.2) is 59.9 Å². The highest BCUT2D eigenvalue weighted by Gasteiger charge is 2.37. The number of benzene rings is 6. The predicted molar refractivity (Wildman–Crippen MR) is 300 cm³/mol. The van der Waals surface area contributed by atoms with Gasteiger partial charge in [0, 0.05) is 43.3 Å². The van der Waals surface area contributed by atoms with E-state index in [2.05, 4.69) is 104 Å². The van der Waals surface area contributed by atoms with Gasteiger partial charge in [0.25, 0.3) is 0 Å². The Morgan fingerprint density at radius 1 is 0.461 bits per heavy atom. The Kier molecular flexibility index (Phi) is 21.0. The number of rotatable bonds is 17. The Bertz CT molecular complexity index is 2500. The second kappa shape index (κ2) is 28.0. The molecule has 2 aliphatic carbocycles. The molecule has 0 aromatic heterocycles. The first-order valence-electron chi connectivity index (χ1n) is 27.3. The van der Waals surface area contributed by atoms with Crippen molar-refractivity contribution < 1.29 is 47.5 Å². The average Bonchev–Trinajstić information content (AvgIpc) is 3.49. The molecule has 3 fully saturated rings. The van der Waals surface area contributed by atoms with E-state index in [1.54, 1.807) is 28.4 Å². The molecule has 0 N–H and O–H groups in total. The highest BCUT2D eigenvalue weighted by Crippen LogP contribution is 2.47. The van der Waals surface area contributed by atoms with E-state index in [0.29, 0.717) is 18.1 Å². The molecule has 3 aliphatic rings. The Balaban J connectivity index is 0.000000167. The summed E-state index contributed by atoms with van der Waals surface area (Å²) in [5.41, 5.74) is 7.77. The summed E-state index contributed by atoms with van der Waals surface area (Å²) in [5, 5.41) is 0. The third kappa shape index (κ3) is 14.9. The van der Waals surface area contributed by atoms with Gasteiger partial charge in [-0.05, 0) is 164 Å². The molecule has 1 atom stereocenters. The second-order valence-corrected chi connectivity index (χ2v) is 20.5. The maximum Gasteiger partial charge on any atom is 0.308 e. The summed E-state index contributed by atoms with van der Waals surface area (Å²) in [7, 11) is 6.83. The number of hydrogen-bond acceptors (Lipinski definition) is 10. The van der Waals surface area contributed by atoms with Gasteiger partial charge in [0.2, 0.25) is 0 Å². The number of hydrogen-bond donors (Lipinski definition) is 0. The molecule has 2 saturated carbocycles. The lowest BCUT2D eigenvalue weighted by atomic mass is 9.65. The van der Waals surface area contributed by atoms with E-state index in [1.165, 1.54) is 105 Å². The second-order valence-electron chi connectivity index (χ2n) is 20.5. The third-order valence-electron chi connectivity index (χ3n) is 15.8. The molecule has 1 aliphatic heterocycles. The zero-order chi connectivity index (χ0) is 53.8. The third-order valence-corrected chi connectivity index (χ3v) is 15.8. The number of carbonyl (C=O) groups excluding carboxylic acids is 2. The van der Waals surface area contributed by atoms with Gasteiger partial charge in [0.15, 0.2) is 6.29 Å². The zero-order valence-electron chi connectivity index (χ0n) is 46.0. The molecule has 0 spiro atoms. The van der Waals surface area contributed by atoms with Crippen molar-refractivity contribution in [3.05, 3.63) is 179 Å². The van der Waals surface area contributed by atoms with Crippen molar-refractivity contribution in [2.75, 3.05) is 41.7 Å².